The van der Waals surface area contributed by atoms with E-state index in [0.717, 1.165) is 28.8 Å². The van der Waals surface area contributed by atoms with E-state index in [2.05, 4.69) is 17.2 Å². The third-order valence-corrected chi connectivity index (χ3v) is 3.52. The van der Waals surface area contributed by atoms with Crippen LogP contribution in [0, 0.1) is 0 Å². The standard InChI is InChI=1S/C16H15ClN2O/c1-2-19-15(12-6-4-8-18-10-12)14-9-11-5-3-7-13(17)16(11)20-14/h3-10,15,19H,2H2,1H3. The van der Waals surface area contributed by atoms with Crippen LogP contribution >= 0.6 is 11.6 Å². The fraction of sp³-hybridized carbons (Fsp3) is 0.188. The summed E-state index contributed by atoms with van der Waals surface area (Å²) < 4.78 is 5.95. The Hall–Kier alpha value is -1.84. The van der Waals surface area contributed by atoms with Crippen LogP contribution in [0.2, 0.25) is 5.02 Å². The third kappa shape index (κ3) is 2.42. The van der Waals surface area contributed by atoms with Gasteiger partial charge in [0.05, 0.1) is 11.1 Å². The number of aromatic nitrogens is 1. The second-order valence-electron chi connectivity index (χ2n) is 4.58. The van der Waals surface area contributed by atoms with Gasteiger partial charge in [-0.3, -0.25) is 4.98 Å². The first kappa shape index (κ1) is 13.2. The summed E-state index contributed by atoms with van der Waals surface area (Å²) in [6.07, 6.45) is 3.62. The van der Waals surface area contributed by atoms with Crippen LogP contribution in [0.3, 0.4) is 0 Å². The fourth-order valence-electron chi connectivity index (χ4n) is 2.32. The summed E-state index contributed by atoms with van der Waals surface area (Å²) in [7, 11) is 0. The molecule has 2 aromatic heterocycles. The summed E-state index contributed by atoms with van der Waals surface area (Å²) in [6.45, 7) is 2.91. The lowest BCUT2D eigenvalue weighted by molar-refractivity contribution is 0.476. The van der Waals surface area contributed by atoms with Crippen LogP contribution in [0.15, 0.2) is 53.2 Å². The van der Waals surface area contributed by atoms with E-state index in [0.29, 0.717) is 5.02 Å². The molecule has 0 saturated heterocycles. The van der Waals surface area contributed by atoms with Crippen LogP contribution < -0.4 is 5.32 Å². The molecule has 3 aromatic rings. The van der Waals surface area contributed by atoms with Gasteiger partial charge in [-0.1, -0.05) is 36.7 Å². The van der Waals surface area contributed by atoms with Crippen molar-refractivity contribution in [2.24, 2.45) is 0 Å². The predicted octanol–water partition coefficient (Wildman–Crippen LogP) is 4.18. The molecule has 1 unspecified atom stereocenters. The number of fused-ring (bicyclic) bond motifs is 1. The molecule has 0 amide bonds. The first-order valence-electron chi connectivity index (χ1n) is 6.61. The molecule has 20 heavy (non-hydrogen) atoms. The Morgan fingerprint density at radius 2 is 2.20 bits per heavy atom. The number of para-hydroxylation sites is 1. The number of pyridine rings is 1. The van der Waals surface area contributed by atoms with Crippen LogP contribution in [0.1, 0.15) is 24.3 Å². The van der Waals surface area contributed by atoms with Gasteiger partial charge in [0.15, 0.2) is 5.58 Å². The van der Waals surface area contributed by atoms with Gasteiger partial charge >= 0.3 is 0 Å². The second kappa shape index (κ2) is 5.65. The van der Waals surface area contributed by atoms with E-state index in [-0.39, 0.29) is 6.04 Å². The van der Waals surface area contributed by atoms with Crippen molar-refractivity contribution in [3.05, 3.63) is 65.1 Å². The van der Waals surface area contributed by atoms with Crippen molar-refractivity contribution in [3.63, 3.8) is 0 Å². The number of halogens is 1. The Bertz CT molecular complexity index is 709. The molecule has 0 fully saturated rings. The molecule has 3 nitrogen and oxygen atoms in total. The normalized spacial score (nSPS) is 12.7. The summed E-state index contributed by atoms with van der Waals surface area (Å²) >= 11 is 6.17. The van der Waals surface area contributed by atoms with Gasteiger partial charge in [0.2, 0.25) is 0 Å². The van der Waals surface area contributed by atoms with E-state index in [1.54, 1.807) is 6.20 Å². The van der Waals surface area contributed by atoms with Crippen LogP contribution in [-0.2, 0) is 0 Å². The van der Waals surface area contributed by atoms with Crippen molar-refractivity contribution in [1.29, 1.82) is 0 Å². The number of nitrogens with zero attached hydrogens (tertiary/aromatic N) is 1. The maximum absolute atomic E-state index is 6.17. The topological polar surface area (TPSA) is 38.1 Å². The van der Waals surface area contributed by atoms with Crippen molar-refractivity contribution in [3.8, 4) is 0 Å². The zero-order chi connectivity index (χ0) is 13.9. The summed E-state index contributed by atoms with van der Waals surface area (Å²) in [5.41, 5.74) is 1.81. The quantitative estimate of drug-likeness (QED) is 0.782. The van der Waals surface area contributed by atoms with Gasteiger partial charge in [-0.25, -0.2) is 0 Å². The van der Waals surface area contributed by atoms with E-state index < -0.39 is 0 Å². The monoisotopic (exact) mass is 286 g/mol. The molecule has 3 rings (SSSR count). The van der Waals surface area contributed by atoms with Crippen LogP contribution in [0.25, 0.3) is 11.0 Å². The summed E-state index contributed by atoms with van der Waals surface area (Å²) in [5, 5.41) is 5.07. The molecule has 0 saturated carbocycles. The Morgan fingerprint density at radius 1 is 1.30 bits per heavy atom. The molecule has 0 aliphatic rings. The Morgan fingerprint density at radius 3 is 2.90 bits per heavy atom. The predicted molar refractivity (Wildman–Crippen MR) is 81.0 cm³/mol. The van der Waals surface area contributed by atoms with Crippen LogP contribution in [0.4, 0.5) is 0 Å². The summed E-state index contributed by atoms with van der Waals surface area (Å²) in [4.78, 5) is 4.18. The highest BCUT2D eigenvalue weighted by Gasteiger charge is 2.18. The lowest BCUT2D eigenvalue weighted by Gasteiger charge is -2.15. The molecule has 1 aromatic carbocycles. The summed E-state index contributed by atoms with van der Waals surface area (Å²) in [6, 6.07) is 11.7. The SMILES string of the molecule is CCNC(c1cccnc1)c1cc2cccc(Cl)c2o1. The van der Waals surface area contributed by atoms with Crippen molar-refractivity contribution in [1.82, 2.24) is 10.3 Å². The fourth-order valence-corrected chi connectivity index (χ4v) is 2.54. The van der Waals surface area contributed by atoms with E-state index in [1.807, 2.05) is 42.6 Å². The Labute approximate surface area is 122 Å². The lowest BCUT2D eigenvalue weighted by atomic mass is 10.1. The number of benzene rings is 1. The first-order chi connectivity index (χ1) is 9.79. The molecule has 2 heterocycles. The van der Waals surface area contributed by atoms with Gasteiger partial charge in [-0.15, -0.1) is 0 Å². The summed E-state index contributed by atoms with van der Waals surface area (Å²) in [5.74, 6) is 0.850. The molecule has 4 heteroatoms. The minimum Gasteiger partial charge on any atom is -0.457 e. The van der Waals surface area contributed by atoms with Crippen molar-refractivity contribution < 1.29 is 4.42 Å². The first-order valence-corrected chi connectivity index (χ1v) is 6.98. The zero-order valence-corrected chi connectivity index (χ0v) is 11.9. The van der Waals surface area contributed by atoms with Crippen molar-refractivity contribution in [2.45, 2.75) is 13.0 Å². The molecule has 1 N–H and O–H groups in total. The highest BCUT2D eigenvalue weighted by atomic mass is 35.5. The van der Waals surface area contributed by atoms with E-state index in [9.17, 15) is 0 Å². The number of nitrogens with one attached hydrogen (secondary N) is 1. The molecule has 0 aliphatic carbocycles. The molecule has 0 aliphatic heterocycles. The maximum atomic E-state index is 6.17. The molecule has 102 valence electrons. The third-order valence-electron chi connectivity index (χ3n) is 3.23. The number of rotatable bonds is 4. The molecular weight excluding hydrogens is 272 g/mol. The van der Waals surface area contributed by atoms with Crippen molar-refractivity contribution in [2.75, 3.05) is 6.54 Å². The molecule has 0 radical (unpaired) electrons. The maximum Gasteiger partial charge on any atom is 0.152 e. The molecule has 0 bridgehead atoms. The largest absolute Gasteiger partial charge is 0.457 e. The molecular formula is C16H15ClN2O. The second-order valence-corrected chi connectivity index (χ2v) is 4.99. The number of furan rings is 1. The Balaban J connectivity index is 2.08. The van der Waals surface area contributed by atoms with Gasteiger partial charge in [-0.2, -0.15) is 0 Å². The van der Waals surface area contributed by atoms with Crippen LogP contribution in [-0.4, -0.2) is 11.5 Å². The van der Waals surface area contributed by atoms with Gasteiger partial charge < -0.3 is 9.73 Å². The highest BCUT2D eigenvalue weighted by Crippen LogP contribution is 2.31. The Kier molecular flexibility index (Phi) is 3.72. The highest BCUT2D eigenvalue weighted by molar-refractivity contribution is 6.34. The van der Waals surface area contributed by atoms with Gasteiger partial charge in [0.25, 0.3) is 0 Å². The molecule has 0 spiro atoms. The average Bonchev–Trinajstić information content (AvgIpc) is 2.91. The minimum absolute atomic E-state index is 0.0165. The van der Waals surface area contributed by atoms with E-state index >= 15 is 0 Å². The van der Waals surface area contributed by atoms with Gasteiger partial charge in [0.1, 0.15) is 5.76 Å². The zero-order valence-electron chi connectivity index (χ0n) is 11.1. The van der Waals surface area contributed by atoms with E-state index in [4.69, 9.17) is 16.0 Å². The van der Waals surface area contributed by atoms with Crippen molar-refractivity contribution >= 4 is 22.6 Å². The number of hydrogen-bond donors (Lipinski definition) is 1. The van der Waals surface area contributed by atoms with Gasteiger partial charge in [0, 0.05) is 17.8 Å². The lowest BCUT2D eigenvalue weighted by Crippen LogP contribution is -2.21. The smallest absolute Gasteiger partial charge is 0.152 e. The molecule has 1 atom stereocenters. The number of hydrogen-bond acceptors (Lipinski definition) is 3. The van der Waals surface area contributed by atoms with Crippen LogP contribution in [0.5, 0.6) is 0 Å². The average molecular weight is 287 g/mol. The van der Waals surface area contributed by atoms with E-state index in [1.165, 1.54) is 0 Å². The van der Waals surface area contributed by atoms with Gasteiger partial charge in [-0.05, 0) is 30.3 Å². The minimum atomic E-state index is -0.0165.